The predicted octanol–water partition coefficient (Wildman–Crippen LogP) is 5.04. The van der Waals surface area contributed by atoms with Crippen LogP contribution in [-0.4, -0.2) is 21.8 Å². The van der Waals surface area contributed by atoms with Crippen LogP contribution in [0.4, 0.5) is 5.69 Å². The van der Waals surface area contributed by atoms with Gasteiger partial charge in [-0.2, -0.15) is 0 Å². The van der Waals surface area contributed by atoms with Crippen LogP contribution >= 0.6 is 11.3 Å². The first kappa shape index (κ1) is 16.5. The average molecular weight is 361 g/mol. The second-order valence-electron chi connectivity index (χ2n) is 6.05. The molecule has 0 atom stereocenters. The van der Waals surface area contributed by atoms with E-state index in [1.165, 1.54) is 11.3 Å². The topological polar surface area (TPSA) is 37.6 Å². The molecule has 2 heterocycles. The maximum Gasteiger partial charge on any atom is 0.270 e. The van der Waals surface area contributed by atoms with Crippen LogP contribution in [0.15, 0.2) is 66.9 Å². The summed E-state index contributed by atoms with van der Waals surface area (Å²) in [5, 5.41) is 0. The smallest absolute Gasteiger partial charge is 0.270 e. The molecule has 0 N–H and O–H groups in total. The van der Waals surface area contributed by atoms with Crippen molar-refractivity contribution in [1.82, 2.24) is 9.38 Å². The number of carbonyl (C=O) groups is 1. The molecule has 0 aliphatic rings. The predicted molar refractivity (Wildman–Crippen MR) is 107 cm³/mol. The van der Waals surface area contributed by atoms with E-state index >= 15 is 0 Å². The number of benzene rings is 2. The van der Waals surface area contributed by atoms with Crippen LogP contribution in [0.2, 0.25) is 0 Å². The lowest BCUT2D eigenvalue weighted by Crippen LogP contribution is -2.30. The summed E-state index contributed by atoms with van der Waals surface area (Å²) in [5.41, 5.74) is 3.85. The minimum atomic E-state index is 0.0213. The summed E-state index contributed by atoms with van der Waals surface area (Å²) in [7, 11) is 0. The zero-order valence-electron chi connectivity index (χ0n) is 14.7. The number of amides is 1. The fourth-order valence-corrected chi connectivity index (χ4v) is 4.13. The maximum atomic E-state index is 13.1. The normalized spacial score (nSPS) is 11.0. The van der Waals surface area contributed by atoms with Gasteiger partial charge in [0.2, 0.25) is 0 Å². The van der Waals surface area contributed by atoms with E-state index in [0.717, 1.165) is 32.5 Å². The Morgan fingerprint density at radius 3 is 2.35 bits per heavy atom. The number of rotatable bonds is 4. The molecule has 0 saturated heterocycles. The molecule has 4 rings (SSSR count). The van der Waals surface area contributed by atoms with Crippen LogP contribution in [0.3, 0.4) is 0 Å². The molecular formula is C21H19N3OS. The number of aryl methyl sites for hydroxylation is 1. The fourth-order valence-electron chi connectivity index (χ4n) is 3.07. The number of imidazole rings is 1. The Morgan fingerprint density at radius 1 is 1.08 bits per heavy atom. The highest BCUT2D eigenvalue weighted by atomic mass is 32.1. The number of fused-ring (bicyclic) bond motifs is 1. The average Bonchev–Trinajstić information content (AvgIpc) is 3.23. The van der Waals surface area contributed by atoms with Crippen molar-refractivity contribution in [1.29, 1.82) is 0 Å². The first-order valence-electron chi connectivity index (χ1n) is 8.60. The van der Waals surface area contributed by atoms with E-state index in [9.17, 15) is 4.79 Å². The van der Waals surface area contributed by atoms with Crippen LogP contribution < -0.4 is 4.90 Å². The highest BCUT2D eigenvalue weighted by Crippen LogP contribution is 2.29. The Bertz CT molecular complexity index is 1050. The van der Waals surface area contributed by atoms with Gasteiger partial charge in [0, 0.05) is 29.7 Å². The van der Waals surface area contributed by atoms with Crippen LogP contribution in [0.1, 0.15) is 22.3 Å². The van der Waals surface area contributed by atoms with Gasteiger partial charge in [-0.1, -0.05) is 59.9 Å². The van der Waals surface area contributed by atoms with E-state index in [2.05, 4.69) is 0 Å². The summed E-state index contributed by atoms with van der Waals surface area (Å²) < 4.78 is 2.01. The standard InChI is InChI=1S/C21H19N3OS/c1-3-23(17-12-8-5-9-13-17)20(25)19-15(2)24-14-18(22-21(24)26-19)16-10-6-4-7-11-16/h4-14H,3H2,1-2H3. The van der Waals surface area contributed by atoms with E-state index in [4.69, 9.17) is 4.98 Å². The summed E-state index contributed by atoms with van der Waals surface area (Å²) in [4.78, 5) is 21.2. The first-order valence-corrected chi connectivity index (χ1v) is 9.41. The molecule has 5 heteroatoms. The van der Waals surface area contributed by atoms with Gasteiger partial charge >= 0.3 is 0 Å². The van der Waals surface area contributed by atoms with Crippen molar-refractivity contribution in [2.24, 2.45) is 0 Å². The summed E-state index contributed by atoms with van der Waals surface area (Å²) >= 11 is 1.45. The van der Waals surface area contributed by atoms with Crippen molar-refractivity contribution in [3.63, 3.8) is 0 Å². The first-order chi connectivity index (χ1) is 12.7. The molecule has 130 valence electrons. The number of anilines is 1. The Morgan fingerprint density at radius 2 is 1.73 bits per heavy atom. The lowest BCUT2D eigenvalue weighted by Gasteiger charge is -2.20. The van der Waals surface area contributed by atoms with E-state index in [-0.39, 0.29) is 5.91 Å². The summed E-state index contributed by atoms with van der Waals surface area (Å²) in [6.07, 6.45) is 2.01. The number of aromatic nitrogens is 2. The van der Waals surface area contributed by atoms with Crippen LogP contribution in [-0.2, 0) is 0 Å². The Balaban J connectivity index is 1.72. The maximum absolute atomic E-state index is 13.1. The Hall–Kier alpha value is -2.92. The van der Waals surface area contributed by atoms with Crippen molar-refractivity contribution >= 4 is 27.9 Å². The third-order valence-electron chi connectivity index (χ3n) is 4.45. The third kappa shape index (κ3) is 2.80. The monoisotopic (exact) mass is 361 g/mol. The molecule has 4 nitrogen and oxygen atoms in total. The van der Waals surface area contributed by atoms with Gasteiger partial charge in [-0.05, 0) is 26.0 Å². The number of hydrogen-bond acceptors (Lipinski definition) is 3. The molecule has 26 heavy (non-hydrogen) atoms. The van der Waals surface area contributed by atoms with E-state index in [0.29, 0.717) is 6.54 Å². The number of nitrogens with zero attached hydrogens (tertiary/aromatic N) is 3. The zero-order chi connectivity index (χ0) is 18.1. The molecule has 0 bridgehead atoms. The van der Waals surface area contributed by atoms with Gasteiger partial charge in [0.15, 0.2) is 4.96 Å². The fraction of sp³-hybridized carbons (Fsp3) is 0.143. The van der Waals surface area contributed by atoms with Crippen molar-refractivity contribution in [3.8, 4) is 11.3 Å². The molecule has 0 unspecified atom stereocenters. The molecule has 0 aliphatic heterocycles. The number of para-hydroxylation sites is 1. The molecular weight excluding hydrogens is 342 g/mol. The molecule has 2 aromatic heterocycles. The largest absolute Gasteiger partial charge is 0.308 e. The van der Waals surface area contributed by atoms with E-state index in [1.54, 1.807) is 4.90 Å². The third-order valence-corrected chi connectivity index (χ3v) is 5.59. The molecule has 0 fully saturated rings. The second kappa shape index (κ2) is 6.77. The highest BCUT2D eigenvalue weighted by molar-refractivity contribution is 7.19. The zero-order valence-corrected chi connectivity index (χ0v) is 15.5. The van der Waals surface area contributed by atoms with Gasteiger partial charge in [0.25, 0.3) is 5.91 Å². The lowest BCUT2D eigenvalue weighted by atomic mass is 10.2. The number of carbonyl (C=O) groups excluding carboxylic acids is 1. The molecule has 0 aliphatic carbocycles. The summed E-state index contributed by atoms with van der Waals surface area (Å²) in [6, 6.07) is 19.9. The molecule has 0 saturated carbocycles. The van der Waals surface area contributed by atoms with Crippen LogP contribution in [0.5, 0.6) is 0 Å². The van der Waals surface area contributed by atoms with Gasteiger partial charge in [0.05, 0.1) is 5.69 Å². The summed E-state index contributed by atoms with van der Waals surface area (Å²) in [6.45, 7) is 4.59. The molecule has 1 amide bonds. The minimum absolute atomic E-state index is 0.0213. The van der Waals surface area contributed by atoms with Gasteiger partial charge in [-0.3, -0.25) is 9.20 Å². The minimum Gasteiger partial charge on any atom is -0.308 e. The van der Waals surface area contributed by atoms with Gasteiger partial charge in [0.1, 0.15) is 4.88 Å². The lowest BCUT2D eigenvalue weighted by molar-refractivity contribution is 0.0991. The van der Waals surface area contributed by atoms with Crippen molar-refractivity contribution in [2.75, 3.05) is 11.4 Å². The van der Waals surface area contributed by atoms with Crippen molar-refractivity contribution in [3.05, 3.63) is 77.4 Å². The Labute approximate surface area is 156 Å². The van der Waals surface area contributed by atoms with Crippen molar-refractivity contribution < 1.29 is 4.79 Å². The van der Waals surface area contributed by atoms with Crippen LogP contribution in [0.25, 0.3) is 16.2 Å². The van der Waals surface area contributed by atoms with Gasteiger partial charge in [-0.15, -0.1) is 0 Å². The molecule has 0 spiro atoms. The molecule has 4 aromatic rings. The van der Waals surface area contributed by atoms with Crippen LogP contribution in [0, 0.1) is 6.92 Å². The van der Waals surface area contributed by atoms with E-state index < -0.39 is 0 Å². The highest BCUT2D eigenvalue weighted by Gasteiger charge is 2.23. The number of hydrogen-bond donors (Lipinski definition) is 0. The van der Waals surface area contributed by atoms with Gasteiger partial charge in [-0.25, -0.2) is 4.98 Å². The van der Waals surface area contributed by atoms with Crippen molar-refractivity contribution in [2.45, 2.75) is 13.8 Å². The van der Waals surface area contributed by atoms with E-state index in [1.807, 2.05) is 85.1 Å². The number of thiazole rings is 1. The molecule has 0 radical (unpaired) electrons. The van der Waals surface area contributed by atoms with Gasteiger partial charge < -0.3 is 4.90 Å². The summed E-state index contributed by atoms with van der Waals surface area (Å²) in [5.74, 6) is 0.0213. The molecule has 2 aromatic carbocycles. The SMILES string of the molecule is CCN(C(=O)c1sc2nc(-c3ccccc3)cn2c1C)c1ccccc1. The Kier molecular flexibility index (Phi) is 4.31. The quantitative estimate of drug-likeness (QED) is 0.511. The second-order valence-corrected chi connectivity index (χ2v) is 7.02.